The van der Waals surface area contributed by atoms with Crippen molar-refractivity contribution >= 4 is 12.2 Å². The second kappa shape index (κ2) is 4.77. The van der Waals surface area contributed by atoms with Crippen molar-refractivity contribution in [3.05, 3.63) is 46.2 Å². The van der Waals surface area contributed by atoms with Crippen LogP contribution in [-0.4, -0.2) is 19.9 Å². The summed E-state index contributed by atoms with van der Waals surface area (Å²) in [5.74, 6) is 0.0951. The van der Waals surface area contributed by atoms with Crippen LogP contribution in [0.4, 0.5) is 4.39 Å². The second-order valence-electron chi connectivity index (χ2n) is 3.67. The molecule has 0 amide bonds. The molecule has 4 nitrogen and oxygen atoms in total. The van der Waals surface area contributed by atoms with Gasteiger partial charge in [0.15, 0.2) is 10.6 Å². The van der Waals surface area contributed by atoms with Crippen LogP contribution in [0, 0.1) is 10.6 Å². The van der Waals surface area contributed by atoms with Gasteiger partial charge in [0.05, 0.1) is 6.04 Å². The van der Waals surface area contributed by atoms with Gasteiger partial charge in [0.2, 0.25) is 0 Å². The van der Waals surface area contributed by atoms with Gasteiger partial charge in [-0.3, -0.25) is 9.67 Å². The minimum atomic E-state index is -0.315. The van der Waals surface area contributed by atoms with E-state index in [1.165, 1.54) is 6.07 Å². The van der Waals surface area contributed by atoms with E-state index in [9.17, 15) is 4.39 Å². The van der Waals surface area contributed by atoms with Crippen molar-refractivity contribution in [2.24, 2.45) is 0 Å². The summed E-state index contributed by atoms with van der Waals surface area (Å²) in [6, 6.07) is 6.17. The van der Waals surface area contributed by atoms with Crippen molar-refractivity contribution in [1.82, 2.24) is 14.8 Å². The summed E-state index contributed by atoms with van der Waals surface area (Å²) in [6.45, 7) is 1.56. The van der Waals surface area contributed by atoms with E-state index in [1.807, 2.05) is 6.92 Å². The molecule has 17 heavy (non-hydrogen) atoms. The Hall–Kier alpha value is -1.53. The maximum atomic E-state index is 13.7. The highest BCUT2D eigenvalue weighted by Crippen LogP contribution is 2.22. The number of aromatic nitrogens is 3. The SMILES string of the molecule is CC(c1ccccc1F)n1c(CO)n[nH]c1=S. The van der Waals surface area contributed by atoms with E-state index >= 15 is 0 Å². The van der Waals surface area contributed by atoms with Crippen molar-refractivity contribution < 1.29 is 9.50 Å². The molecule has 6 heteroatoms. The molecule has 90 valence electrons. The Morgan fingerprint density at radius 3 is 2.88 bits per heavy atom. The summed E-state index contributed by atoms with van der Waals surface area (Å²) in [6.07, 6.45) is 0. The van der Waals surface area contributed by atoms with Crippen LogP contribution in [0.5, 0.6) is 0 Å². The molecule has 0 aliphatic rings. The van der Waals surface area contributed by atoms with Crippen molar-refractivity contribution in [3.8, 4) is 0 Å². The molecular formula is C11H12FN3OS. The summed E-state index contributed by atoms with van der Waals surface area (Å²) in [4.78, 5) is 0. The highest BCUT2D eigenvalue weighted by atomic mass is 32.1. The summed E-state index contributed by atoms with van der Waals surface area (Å²) < 4.78 is 15.6. The topological polar surface area (TPSA) is 53.8 Å². The van der Waals surface area contributed by atoms with E-state index < -0.39 is 0 Å². The molecular weight excluding hydrogens is 241 g/mol. The zero-order chi connectivity index (χ0) is 12.4. The number of hydrogen-bond donors (Lipinski definition) is 2. The standard InChI is InChI=1S/C11H12FN3OS/c1-7(8-4-2-3-5-9(8)12)15-10(6-16)13-14-11(15)17/h2-5,7,16H,6H2,1H3,(H,14,17). The lowest BCUT2D eigenvalue weighted by Gasteiger charge is -2.15. The van der Waals surface area contributed by atoms with Crippen molar-refractivity contribution in [2.75, 3.05) is 0 Å². The first-order valence-corrected chi connectivity index (χ1v) is 5.57. The molecule has 1 unspecified atom stereocenters. The Morgan fingerprint density at radius 2 is 2.24 bits per heavy atom. The summed E-state index contributed by atoms with van der Waals surface area (Å²) >= 11 is 5.07. The van der Waals surface area contributed by atoms with Crippen LogP contribution in [0.25, 0.3) is 0 Å². The Morgan fingerprint density at radius 1 is 1.53 bits per heavy atom. The van der Waals surface area contributed by atoms with Crippen LogP contribution in [-0.2, 0) is 6.61 Å². The van der Waals surface area contributed by atoms with Crippen molar-refractivity contribution in [2.45, 2.75) is 19.6 Å². The third-order valence-corrected chi connectivity index (χ3v) is 2.95. The van der Waals surface area contributed by atoms with Gasteiger partial charge in [0.25, 0.3) is 0 Å². The Bertz CT molecular complexity index is 578. The van der Waals surface area contributed by atoms with Crippen LogP contribution in [0.1, 0.15) is 24.4 Å². The fraction of sp³-hybridized carbons (Fsp3) is 0.273. The van der Waals surface area contributed by atoms with E-state index in [0.717, 1.165) is 0 Å². The average molecular weight is 253 g/mol. The van der Waals surface area contributed by atoms with Crippen LogP contribution in [0.15, 0.2) is 24.3 Å². The predicted molar refractivity (Wildman–Crippen MR) is 63.5 cm³/mol. The number of nitrogens with one attached hydrogen (secondary N) is 1. The Kier molecular flexibility index (Phi) is 3.35. The lowest BCUT2D eigenvalue weighted by Crippen LogP contribution is -2.12. The molecule has 2 aromatic rings. The zero-order valence-corrected chi connectivity index (χ0v) is 10.0. The van der Waals surface area contributed by atoms with Crippen LogP contribution >= 0.6 is 12.2 Å². The third-order valence-electron chi connectivity index (χ3n) is 2.66. The molecule has 0 aliphatic carbocycles. The lowest BCUT2D eigenvalue weighted by molar-refractivity contribution is 0.262. The first-order valence-electron chi connectivity index (χ1n) is 5.16. The first-order chi connectivity index (χ1) is 8.15. The minimum absolute atomic E-state index is 0.244. The molecule has 2 rings (SSSR count). The Labute approximate surface area is 103 Å². The van der Waals surface area contributed by atoms with Gasteiger partial charge >= 0.3 is 0 Å². The van der Waals surface area contributed by atoms with Crippen molar-refractivity contribution in [1.29, 1.82) is 0 Å². The molecule has 1 atom stereocenters. The van der Waals surface area contributed by atoms with Gasteiger partial charge in [-0.15, -0.1) is 0 Å². The van der Waals surface area contributed by atoms with Gasteiger partial charge in [0, 0.05) is 5.56 Å². The zero-order valence-electron chi connectivity index (χ0n) is 9.22. The molecule has 0 saturated heterocycles. The third kappa shape index (κ3) is 2.13. The van der Waals surface area contributed by atoms with E-state index in [0.29, 0.717) is 16.2 Å². The minimum Gasteiger partial charge on any atom is -0.388 e. The van der Waals surface area contributed by atoms with Crippen molar-refractivity contribution in [3.63, 3.8) is 0 Å². The van der Waals surface area contributed by atoms with Gasteiger partial charge in [-0.2, -0.15) is 5.10 Å². The largest absolute Gasteiger partial charge is 0.388 e. The lowest BCUT2D eigenvalue weighted by atomic mass is 10.1. The highest BCUT2D eigenvalue weighted by molar-refractivity contribution is 7.71. The summed E-state index contributed by atoms with van der Waals surface area (Å²) in [5, 5.41) is 15.6. The maximum Gasteiger partial charge on any atom is 0.195 e. The van der Waals surface area contributed by atoms with E-state index in [2.05, 4.69) is 10.2 Å². The normalized spacial score (nSPS) is 12.6. The number of rotatable bonds is 3. The molecule has 0 bridgehead atoms. The number of nitrogens with zero attached hydrogens (tertiary/aromatic N) is 2. The molecule has 1 aromatic heterocycles. The van der Waals surface area contributed by atoms with Gasteiger partial charge in [-0.05, 0) is 25.2 Å². The first kappa shape index (κ1) is 11.9. The smallest absolute Gasteiger partial charge is 0.195 e. The predicted octanol–water partition coefficient (Wildman–Crippen LogP) is 2.18. The number of aromatic amines is 1. The van der Waals surface area contributed by atoms with Crippen LogP contribution < -0.4 is 0 Å². The molecule has 0 fully saturated rings. The monoisotopic (exact) mass is 253 g/mol. The van der Waals surface area contributed by atoms with E-state index in [4.69, 9.17) is 17.3 Å². The van der Waals surface area contributed by atoms with Gasteiger partial charge in [-0.25, -0.2) is 4.39 Å². The number of H-pyrrole nitrogens is 1. The van der Waals surface area contributed by atoms with Crippen LogP contribution in [0.3, 0.4) is 0 Å². The molecule has 0 saturated carbocycles. The number of benzene rings is 1. The molecule has 0 radical (unpaired) electrons. The van der Waals surface area contributed by atoms with Gasteiger partial charge < -0.3 is 5.11 Å². The van der Waals surface area contributed by atoms with E-state index in [1.54, 1.807) is 22.8 Å². The fourth-order valence-electron chi connectivity index (χ4n) is 1.80. The number of hydrogen-bond acceptors (Lipinski definition) is 3. The highest BCUT2D eigenvalue weighted by Gasteiger charge is 2.16. The molecule has 1 aromatic carbocycles. The van der Waals surface area contributed by atoms with Gasteiger partial charge in [0.1, 0.15) is 12.4 Å². The molecule has 0 spiro atoms. The quantitative estimate of drug-likeness (QED) is 0.824. The number of halogens is 1. The molecule has 0 aliphatic heterocycles. The summed E-state index contributed by atoms with van der Waals surface area (Å²) in [5.41, 5.74) is 0.514. The van der Waals surface area contributed by atoms with Crippen LogP contribution in [0.2, 0.25) is 0 Å². The summed E-state index contributed by atoms with van der Waals surface area (Å²) in [7, 11) is 0. The average Bonchev–Trinajstić information content (AvgIpc) is 2.70. The second-order valence-corrected chi connectivity index (χ2v) is 4.06. The van der Waals surface area contributed by atoms with E-state index in [-0.39, 0.29) is 18.5 Å². The number of aliphatic hydroxyl groups is 1. The number of aliphatic hydroxyl groups excluding tert-OH is 1. The Balaban J connectivity index is 2.51. The fourth-order valence-corrected chi connectivity index (χ4v) is 2.11. The van der Waals surface area contributed by atoms with Gasteiger partial charge in [-0.1, -0.05) is 18.2 Å². The molecule has 1 heterocycles. The maximum absolute atomic E-state index is 13.7. The molecule has 2 N–H and O–H groups in total.